The Labute approximate surface area is 170 Å². The average molecular weight is 435 g/mol. The number of aliphatic carboxylic acids is 1. The normalized spacial score (nSPS) is 16.1. The number of amides is 2. The van der Waals surface area contributed by atoms with Gasteiger partial charge in [-0.2, -0.15) is 0 Å². The summed E-state index contributed by atoms with van der Waals surface area (Å²) in [7, 11) is -3.80. The van der Waals surface area contributed by atoms with Crippen molar-refractivity contribution in [3.8, 4) is 5.69 Å². The summed E-state index contributed by atoms with van der Waals surface area (Å²) >= 11 is 0.688. The van der Waals surface area contributed by atoms with E-state index in [2.05, 4.69) is 0 Å². The molecule has 1 aliphatic heterocycles. The van der Waals surface area contributed by atoms with Crippen molar-refractivity contribution in [3.63, 3.8) is 0 Å². The molecule has 9 nitrogen and oxygen atoms in total. The molecule has 0 unspecified atom stereocenters. The third kappa shape index (κ3) is 4.11. The zero-order valence-electron chi connectivity index (χ0n) is 15.4. The molecule has 2 amide bonds. The topological polar surface area (TPSA) is 140 Å². The first-order valence-electron chi connectivity index (χ1n) is 8.28. The lowest BCUT2D eigenvalue weighted by atomic mass is 10.2. The zero-order chi connectivity index (χ0) is 21.5. The number of primary sulfonamides is 1. The van der Waals surface area contributed by atoms with Gasteiger partial charge in [-0.3, -0.25) is 19.3 Å². The fraction of sp³-hybridized carbons (Fsp3) is 0.167. The van der Waals surface area contributed by atoms with Crippen LogP contribution in [0.1, 0.15) is 17.0 Å². The summed E-state index contributed by atoms with van der Waals surface area (Å²) in [6.07, 6.45) is 1.55. The van der Waals surface area contributed by atoms with Gasteiger partial charge in [-0.15, -0.1) is 0 Å². The number of carbonyl (C=O) groups excluding carboxylic acids is 2. The van der Waals surface area contributed by atoms with Crippen LogP contribution in [-0.4, -0.2) is 46.7 Å². The van der Waals surface area contributed by atoms with E-state index in [0.29, 0.717) is 27.9 Å². The second kappa shape index (κ2) is 7.50. The number of thioether (sulfide) groups is 1. The summed E-state index contributed by atoms with van der Waals surface area (Å²) < 4.78 is 24.7. The molecule has 1 aromatic carbocycles. The lowest BCUT2D eigenvalue weighted by Crippen LogP contribution is -2.33. The highest BCUT2D eigenvalue weighted by atomic mass is 32.2. The van der Waals surface area contributed by atoms with Crippen LogP contribution < -0.4 is 5.14 Å². The van der Waals surface area contributed by atoms with Crippen molar-refractivity contribution in [1.29, 1.82) is 0 Å². The van der Waals surface area contributed by atoms with Crippen molar-refractivity contribution in [2.24, 2.45) is 5.14 Å². The number of nitrogens with zero attached hydrogens (tertiary/aromatic N) is 2. The van der Waals surface area contributed by atoms with Crippen molar-refractivity contribution in [1.82, 2.24) is 9.47 Å². The standard InChI is InChI=1S/C18H17N3O6S2/c1-10-7-12(8-15-17(24)20(9-16(22)23)18(25)28-15)11(2)21(10)13-3-5-14(6-4-13)29(19,26)27/h3-8H,9H2,1-2H3,(H,22,23)(H2,19,26,27). The van der Waals surface area contributed by atoms with E-state index in [4.69, 9.17) is 10.2 Å². The van der Waals surface area contributed by atoms with Gasteiger partial charge in [-0.1, -0.05) is 0 Å². The number of hydrogen-bond acceptors (Lipinski definition) is 6. The van der Waals surface area contributed by atoms with Crippen LogP contribution in [0, 0.1) is 13.8 Å². The Hall–Kier alpha value is -2.89. The van der Waals surface area contributed by atoms with Gasteiger partial charge < -0.3 is 9.67 Å². The van der Waals surface area contributed by atoms with Gasteiger partial charge in [-0.05, 0) is 67.6 Å². The predicted octanol–water partition coefficient (Wildman–Crippen LogP) is 1.86. The molecule has 1 aromatic heterocycles. The van der Waals surface area contributed by atoms with Crippen molar-refractivity contribution in [3.05, 3.63) is 52.2 Å². The maximum atomic E-state index is 12.3. The molecule has 2 aromatic rings. The Morgan fingerprint density at radius 3 is 2.38 bits per heavy atom. The molecule has 1 saturated heterocycles. The average Bonchev–Trinajstić information content (AvgIpc) is 3.04. The lowest BCUT2D eigenvalue weighted by molar-refractivity contribution is -0.140. The van der Waals surface area contributed by atoms with Crippen molar-refractivity contribution in [2.45, 2.75) is 18.7 Å². The minimum absolute atomic E-state index is 0.00367. The number of hydrogen-bond donors (Lipinski definition) is 2. The number of benzene rings is 1. The molecule has 11 heteroatoms. The Bertz CT molecular complexity index is 1160. The first kappa shape index (κ1) is 20.8. The van der Waals surface area contributed by atoms with Gasteiger partial charge in [0.25, 0.3) is 11.1 Å². The Morgan fingerprint density at radius 1 is 1.21 bits per heavy atom. The van der Waals surface area contributed by atoms with Crippen molar-refractivity contribution >= 4 is 45.0 Å². The van der Waals surface area contributed by atoms with E-state index in [0.717, 1.165) is 11.4 Å². The SMILES string of the molecule is Cc1cc(C=C2SC(=O)N(CC(=O)O)C2=O)c(C)n1-c1ccc(S(N)(=O)=O)cc1. The molecule has 0 atom stereocenters. The van der Waals surface area contributed by atoms with Gasteiger partial charge in [0, 0.05) is 17.1 Å². The number of carbonyl (C=O) groups is 3. The molecule has 0 bridgehead atoms. The molecular formula is C18H17N3O6S2. The summed E-state index contributed by atoms with van der Waals surface area (Å²) in [5, 5.41) is 13.3. The molecule has 2 heterocycles. The van der Waals surface area contributed by atoms with E-state index in [1.807, 2.05) is 24.5 Å². The van der Waals surface area contributed by atoms with Crippen LogP contribution in [0.4, 0.5) is 4.79 Å². The molecule has 0 saturated carbocycles. The molecule has 3 N–H and O–H groups in total. The largest absolute Gasteiger partial charge is 0.480 e. The monoisotopic (exact) mass is 435 g/mol. The van der Waals surface area contributed by atoms with E-state index >= 15 is 0 Å². The highest BCUT2D eigenvalue weighted by Gasteiger charge is 2.36. The van der Waals surface area contributed by atoms with Crippen LogP contribution in [0.2, 0.25) is 0 Å². The molecule has 3 rings (SSSR count). The third-order valence-electron chi connectivity index (χ3n) is 4.35. The van der Waals surface area contributed by atoms with Crippen LogP contribution >= 0.6 is 11.8 Å². The first-order valence-corrected chi connectivity index (χ1v) is 10.6. The smallest absolute Gasteiger partial charge is 0.323 e. The number of carboxylic acids is 1. The lowest BCUT2D eigenvalue weighted by Gasteiger charge is -2.10. The number of carboxylic acid groups (broad SMARTS) is 1. The van der Waals surface area contributed by atoms with Gasteiger partial charge in [0.1, 0.15) is 6.54 Å². The fourth-order valence-electron chi connectivity index (χ4n) is 3.03. The highest BCUT2D eigenvalue weighted by Crippen LogP contribution is 2.33. The number of sulfonamides is 1. The zero-order valence-corrected chi connectivity index (χ0v) is 17.1. The molecule has 152 valence electrons. The molecule has 29 heavy (non-hydrogen) atoms. The highest BCUT2D eigenvalue weighted by molar-refractivity contribution is 8.18. The number of aryl methyl sites for hydroxylation is 1. The minimum Gasteiger partial charge on any atom is -0.480 e. The van der Waals surface area contributed by atoms with Gasteiger partial charge >= 0.3 is 5.97 Å². The number of imide groups is 1. The third-order valence-corrected chi connectivity index (χ3v) is 6.18. The molecule has 0 aliphatic carbocycles. The summed E-state index contributed by atoms with van der Waals surface area (Å²) in [5.41, 5.74) is 2.96. The Kier molecular flexibility index (Phi) is 5.39. The summed E-state index contributed by atoms with van der Waals surface area (Å²) in [6, 6.07) is 7.85. The van der Waals surface area contributed by atoms with E-state index in [-0.39, 0.29) is 9.80 Å². The number of rotatable bonds is 5. The second-order valence-corrected chi connectivity index (χ2v) is 8.92. The van der Waals surface area contributed by atoms with Crippen LogP contribution in [0.25, 0.3) is 11.8 Å². The van der Waals surface area contributed by atoms with Gasteiger partial charge in [0.05, 0.1) is 9.80 Å². The van der Waals surface area contributed by atoms with Crippen molar-refractivity contribution < 1.29 is 27.9 Å². The van der Waals surface area contributed by atoms with Gasteiger partial charge in [-0.25, -0.2) is 13.6 Å². The summed E-state index contributed by atoms with van der Waals surface area (Å²) in [5.74, 6) is -1.92. The maximum absolute atomic E-state index is 12.3. The van der Waals surface area contributed by atoms with Gasteiger partial charge in [0.15, 0.2) is 0 Å². The Morgan fingerprint density at radius 2 is 1.83 bits per heavy atom. The molecular weight excluding hydrogens is 418 g/mol. The second-order valence-electron chi connectivity index (χ2n) is 6.36. The van der Waals surface area contributed by atoms with E-state index < -0.39 is 33.7 Å². The number of nitrogens with two attached hydrogens (primary N) is 1. The number of aromatic nitrogens is 1. The molecule has 0 spiro atoms. The predicted molar refractivity (Wildman–Crippen MR) is 107 cm³/mol. The van der Waals surface area contributed by atoms with Crippen LogP contribution in [-0.2, 0) is 19.6 Å². The van der Waals surface area contributed by atoms with E-state index in [1.165, 1.54) is 12.1 Å². The quantitative estimate of drug-likeness (QED) is 0.683. The molecule has 0 radical (unpaired) electrons. The van der Waals surface area contributed by atoms with E-state index in [9.17, 15) is 22.8 Å². The maximum Gasteiger partial charge on any atom is 0.323 e. The van der Waals surface area contributed by atoms with Crippen LogP contribution in [0.5, 0.6) is 0 Å². The summed E-state index contributed by atoms with van der Waals surface area (Å²) in [4.78, 5) is 35.9. The van der Waals surface area contributed by atoms with Crippen LogP contribution in [0.3, 0.4) is 0 Å². The first-order chi connectivity index (χ1) is 13.5. The van der Waals surface area contributed by atoms with E-state index in [1.54, 1.807) is 18.2 Å². The van der Waals surface area contributed by atoms with Crippen LogP contribution in [0.15, 0.2) is 40.1 Å². The van der Waals surface area contributed by atoms with Gasteiger partial charge in [0.2, 0.25) is 10.0 Å². The fourth-order valence-corrected chi connectivity index (χ4v) is 4.37. The Balaban J connectivity index is 1.96. The molecule has 1 fully saturated rings. The minimum atomic E-state index is -3.80. The molecule has 1 aliphatic rings. The van der Waals surface area contributed by atoms with Crippen molar-refractivity contribution in [2.75, 3.05) is 6.54 Å². The summed E-state index contributed by atoms with van der Waals surface area (Å²) in [6.45, 7) is 2.97.